The van der Waals surface area contributed by atoms with Crippen LogP contribution in [0.1, 0.15) is 28.9 Å². The van der Waals surface area contributed by atoms with E-state index >= 15 is 0 Å². The first-order valence-electron chi connectivity index (χ1n) is 6.89. The SMILES string of the molecule is CCNCc1cc(C)nc(N(C)Cc2csc(C)n2)c1. The molecular weight excluding hydrogens is 268 g/mol. The first-order chi connectivity index (χ1) is 9.58. The highest BCUT2D eigenvalue weighted by molar-refractivity contribution is 7.09. The lowest BCUT2D eigenvalue weighted by molar-refractivity contribution is 0.724. The molecule has 2 heterocycles. The number of aryl methyl sites for hydroxylation is 2. The van der Waals surface area contributed by atoms with E-state index in [0.717, 1.165) is 41.8 Å². The van der Waals surface area contributed by atoms with Crippen LogP contribution >= 0.6 is 11.3 Å². The van der Waals surface area contributed by atoms with E-state index < -0.39 is 0 Å². The lowest BCUT2D eigenvalue weighted by Crippen LogP contribution is -2.19. The maximum absolute atomic E-state index is 4.62. The minimum atomic E-state index is 0.793. The third-order valence-electron chi connectivity index (χ3n) is 3.04. The Bertz CT molecular complexity index is 565. The van der Waals surface area contributed by atoms with Gasteiger partial charge in [-0.25, -0.2) is 9.97 Å². The van der Waals surface area contributed by atoms with Crippen molar-refractivity contribution in [2.45, 2.75) is 33.9 Å². The summed E-state index contributed by atoms with van der Waals surface area (Å²) in [5, 5.41) is 6.58. The molecule has 0 unspecified atom stereocenters. The van der Waals surface area contributed by atoms with E-state index in [1.54, 1.807) is 11.3 Å². The Hall–Kier alpha value is -1.46. The maximum Gasteiger partial charge on any atom is 0.129 e. The summed E-state index contributed by atoms with van der Waals surface area (Å²) in [5.41, 5.74) is 3.43. The summed E-state index contributed by atoms with van der Waals surface area (Å²) in [4.78, 5) is 11.3. The summed E-state index contributed by atoms with van der Waals surface area (Å²) < 4.78 is 0. The Kier molecular flexibility index (Phi) is 5.09. The molecule has 2 aromatic heterocycles. The highest BCUT2D eigenvalue weighted by Crippen LogP contribution is 2.17. The average Bonchev–Trinajstić information content (AvgIpc) is 2.81. The molecule has 0 aromatic carbocycles. The van der Waals surface area contributed by atoms with Gasteiger partial charge in [0.1, 0.15) is 5.82 Å². The Balaban J connectivity index is 2.12. The minimum absolute atomic E-state index is 0.793. The van der Waals surface area contributed by atoms with Gasteiger partial charge in [0.05, 0.1) is 17.2 Å². The van der Waals surface area contributed by atoms with Gasteiger partial charge in [0.15, 0.2) is 0 Å². The monoisotopic (exact) mass is 290 g/mol. The fraction of sp³-hybridized carbons (Fsp3) is 0.467. The lowest BCUT2D eigenvalue weighted by atomic mass is 10.2. The van der Waals surface area contributed by atoms with Gasteiger partial charge in [-0.05, 0) is 38.1 Å². The molecule has 0 aliphatic carbocycles. The van der Waals surface area contributed by atoms with Gasteiger partial charge in [-0.15, -0.1) is 11.3 Å². The summed E-state index contributed by atoms with van der Waals surface area (Å²) in [6, 6.07) is 4.28. The van der Waals surface area contributed by atoms with Crippen LogP contribution in [0.5, 0.6) is 0 Å². The molecule has 5 heteroatoms. The van der Waals surface area contributed by atoms with Crippen molar-refractivity contribution < 1.29 is 0 Å². The van der Waals surface area contributed by atoms with Crippen LogP contribution in [0.4, 0.5) is 5.82 Å². The van der Waals surface area contributed by atoms with Crippen LogP contribution in [0.25, 0.3) is 0 Å². The number of pyridine rings is 1. The van der Waals surface area contributed by atoms with Crippen LogP contribution < -0.4 is 10.2 Å². The minimum Gasteiger partial charge on any atom is -0.354 e. The summed E-state index contributed by atoms with van der Waals surface area (Å²) in [7, 11) is 2.06. The Morgan fingerprint density at radius 2 is 2.05 bits per heavy atom. The molecule has 0 radical (unpaired) electrons. The molecule has 0 saturated heterocycles. The quantitative estimate of drug-likeness (QED) is 0.888. The summed E-state index contributed by atoms with van der Waals surface area (Å²) in [6.07, 6.45) is 0. The number of aromatic nitrogens is 2. The van der Waals surface area contributed by atoms with Gasteiger partial charge >= 0.3 is 0 Å². The number of nitrogens with one attached hydrogen (secondary N) is 1. The molecule has 0 aliphatic rings. The van der Waals surface area contributed by atoms with Gasteiger partial charge < -0.3 is 10.2 Å². The van der Waals surface area contributed by atoms with Gasteiger partial charge in [-0.1, -0.05) is 6.92 Å². The number of thiazole rings is 1. The zero-order valence-electron chi connectivity index (χ0n) is 12.6. The van der Waals surface area contributed by atoms with Crippen LogP contribution in [0.15, 0.2) is 17.5 Å². The summed E-state index contributed by atoms with van der Waals surface area (Å²) in [5.74, 6) is 1.00. The second kappa shape index (κ2) is 6.81. The predicted octanol–water partition coefficient (Wildman–Crippen LogP) is 2.90. The zero-order chi connectivity index (χ0) is 14.5. The molecule has 1 N–H and O–H groups in total. The second-order valence-electron chi connectivity index (χ2n) is 4.97. The van der Waals surface area contributed by atoms with E-state index in [9.17, 15) is 0 Å². The topological polar surface area (TPSA) is 41.1 Å². The van der Waals surface area contributed by atoms with Crippen LogP contribution in [0, 0.1) is 13.8 Å². The maximum atomic E-state index is 4.62. The first kappa shape index (κ1) is 14.9. The van der Waals surface area contributed by atoms with E-state index in [1.165, 1.54) is 5.56 Å². The Labute approximate surface area is 124 Å². The highest BCUT2D eigenvalue weighted by Gasteiger charge is 2.08. The highest BCUT2D eigenvalue weighted by atomic mass is 32.1. The van der Waals surface area contributed by atoms with Crippen molar-refractivity contribution in [3.05, 3.63) is 39.5 Å². The standard InChI is InChI=1S/C15H22N4S/c1-5-16-8-13-6-11(2)17-15(7-13)19(4)9-14-10-20-12(3)18-14/h6-7,10,16H,5,8-9H2,1-4H3. The van der Waals surface area contributed by atoms with E-state index in [0.29, 0.717) is 0 Å². The molecule has 0 bridgehead atoms. The van der Waals surface area contributed by atoms with Crippen molar-refractivity contribution in [2.24, 2.45) is 0 Å². The first-order valence-corrected chi connectivity index (χ1v) is 7.77. The van der Waals surface area contributed by atoms with Gasteiger partial charge in [0.2, 0.25) is 0 Å². The molecule has 0 aliphatic heterocycles. The van der Waals surface area contributed by atoms with Crippen LogP contribution in [-0.2, 0) is 13.1 Å². The van der Waals surface area contributed by atoms with E-state index in [1.807, 2.05) is 13.8 Å². The van der Waals surface area contributed by atoms with Crippen LogP contribution in [0.3, 0.4) is 0 Å². The number of hydrogen-bond donors (Lipinski definition) is 1. The molecule has 108 valence electrons. The molecule has 0 atom stereocenters. The third kappa shape index (κ3) is 4.02. The van der Waals surface area contributed by atoms with Gasteiger partial charge in [0, 0.05) is 24.7 Å². The lowest BCUT2D eigenvalue weighted by Gasteiger charge is -2.18. The number of anilines is 1. The van der Waals surface area contributed by atoms with Crippen LogP contribution in [0.2, 0.25) is 0 Å². The van der Waals surface area contributed by atoms with Crippen molar-refractivity contribution in [3.63, 3.8) is 0 Å². The second-order valence-corrected chi connectivity index (χ2v) is 6.03. The van der Waals surface area contributed by atoms with Crippen molar-refractivity contribution in [3.8, 4) is 0 Å². The van der Waals surface area contributed by atoms with E-state index in [-0.39, 0.29) is 0 Å². The number of hydrogen-bond acceptors (Lipinski definition) is 5. The molecule has 20 heavy (non-hydrogen) atoms. The molecule has 2 rings (SSSR count). The number of nitrogens with zero attached hydrogens (tertiary/aromatic N) is 3. The average molecular weight is 290 g/mol. The van der Waals surface area contributed by atoms with Gasteiger partial charge in [0.25, 0.3) is 0 Å². The Morgan fingerprint density at radius 3 is 2.70 bits per heavy atom. The molecule has 0 fully saturated rings. The predicted molar refractivity (Wildman–Crippen MR) is 85.3 cm³/mol. The zero-order valence-corrected chi connectivity index (χ0v) is 13.4. The van der Waals surface area contributed by atoms with Crippen LogP contribution in [-0.4, -0.2) is 23.6 Å². The third-order valence-corrected chi connectivity index (χ3v) is 3.86. The molecule has 2 aromatic rings. The van der Waals surface area contributed by atoms with Crippen molar-refractivity contribution in [2.75, 3.05) is 18.5 Å². The largest absolute Gasteiger partial charge is 0.354 e. The van der Waals surface area contributed by atoms with Crippen molar-refractivity contribution >= 4 is 17.2 Å². The molecule has 0 saturated carbocycles. The smallest absolute Gasteiger partial charge is 0.129 e. The van der Waals surface area contributed by atoms with E-state index in [2.05, 4.69) is 51.7 Å². The molecule has 4 nitrogen and oxygen atoms in total. The summed E-state index contributed by atoms with van der Waals surface area (Å²) in [6.45, 7) is 8.85. The summed E-state index contributed by atoms with van der Waals surface area (Å²) >= 11 is 1.69. The molecule has 0 spiro atoms. The van der Waals surface area contributed by atoms with Gasteiger partial charge in [-0.3, -0.25) is 0 Å². The fourth-order valence-corrected chi connectivity index (χ4v) is 2.70. The van der Waals surface area contributed by atoms with Gasteiger partial charge in [-0.2, -0.15) is 0 Å². The molecular formula is C15H22N4S. The fourth-order valence-electron chi connectivity index (χ4n) is 2.09. The molecule has 0 amide bonds. The van der Waals surface area contributed by atoms with Crippen molar-refractivity contribution in [1.29, 1.82) is 0 Å². The Morgan fingerprint density at radius 1 is 1.25 bits per heavy atom. The number of rotatable bonds is 6. The van der Waals surface area contributed by atoms with E-state index in [4.69, 9.17) is 0 Å². The van der Waals surface area contributed by atoms with Crippen molar-refractivity contribution in [1.82, 2.24) is 15.3 Å². The normalized spacial score (nSPS) is 10.8.